The Balaban J connectivity index is 1.89. The topological polar surface area (TPSA) is 43.7 Å². The minimum Gasteiger partial charge on any atom is -0.395 e. The molecule has 1 aliphatic heterocycles. The first-order valence-electron chi connectivity index (χ1n) is 7.49. The molecule has 20 heavy (non-hydrogen) atoms. The van der Waals surface area contributed by atoms with Crippen molar-refractivity contribution in [2.24, 2.45) is 0 Å². The van der Waals surface area contributed by atoms with Gasteiger partial charge >= 0.3 is 0 Å². The second kappa shape index (κ2) is 7.72. The molecule has 2 N–H and O–H groups in total. The Morgan fingerprint density at radius 1 is 1.30 bits per heavy atom. The van der Waals surface area contributed by atoms with Crippen LogP contribution in [0.5, 0.6) is 0 Å². The lowest BCUT2D eigenvalue weighted by atomic mass is 10.1. The number of halogens is 1. The fraction of sp³-hybridized carbons (Fsp3) is 0.625. The predicted molar refractivity (Wildman–Crippen MR) is 76.9 cm³/mol. The summed E-state index contributed by atoms with van der Waals surface area (Å²) in [6.07, 6.45) is 4.46. The monoisotopic (exact) mass is 281 g/mol. The molecule has 0 saturated carbocycles. The van der Waals surface area contributed by atoms with E-state index in [1.165, 1.54) is 18.6 Å². The van der Waals surface area contributed by atoms with Gasteiger partial charge in [-0.2, -0.15) is 0 Å². The summed E-state index contributed by atoms with van der Waals surface area (Å²) in [6.45, 7) is 1.89. The van der Waals surface area contributed by atoms with E-state index >= 15 is 0 Å². The molecule has 2 rings (SSSR count). The molecule has 0 bridgehead atoms. The lowest BCUT2D eigenvalue weighted by Crippen LogP contribution is -2.38. The molecule has 2 atom stereocenters. The zero-order valence-electron chi connectivity index (χ0n) is 11.8. The average Bonchev–Trinajstić information content (AvgIpc) is 2.69. The van der Waals surface area contributed by atoms with Crippen molar-refractivity contribution < 1.29 is 14.6 Å². The van der Waals surface area contributed by atoms with Crippen molar-refractivity contribution in [2.75, 3.05) is 19.7 Å². The van der Waals surface area contributed by atoms with Gasteiger partial charge in [-0.3, -0.25) is 4.90 Å². The van der Waals surface area contributed by atoms with Gasteiger partial charge in [0.1, 0.15) is 5.82 Å². The summed E-state index contributed by atoms with van der Waals surface area (Å²) >= 11 is 0. The van der Waals surface area contributed by atoms with Gasteiger partial charge in [-0.15, -0.1) is 0 Å². The predicted octanol–water partition coefficient (Wildman–Crippen LogP) is 2.49. The molecular formula is C16H24FNO2. The minimum absolute atomic E-state index is 0.177. The van der Waals surface area contributed by atoms with Crippen LogP contribution in [0.3, 0.4) is 0 Å². The maximum Gasteiger partial charge on any atom is 0.123 e. The molecule has 3 nitrogen and oxygen atoms in total. The lowest BCUT2D eigenvalue weighted by Gasteiger charge is -2.29. The van der Waals surface area contributed by atoms with E-state index in [0.29, 0.717) is 12.0 Å². The number of aliphatic hydroxyl groups is 2. The Morgan fingerprint density at radius 3 is 2.90 bits per heavy atom. The number of rotatable bonds is 5. The van der Waals surface area contributed by atoms with E-state index in [1.54, 1.807) is 12.1 Å². The van der Waals surface area contributed by atoms with Gasteiger partial charge in [-0.05, 0) is 43.5 Å². The van der Waals surface area contributed by atoms with Gasteiger partial charge in [-0.25, -0.2) is 4.39 Å². The highest BCUT2D eigenvalue weighted by Crippen LogP contribution is 2.21. The van der Waals surface area contributed by atoms with Crippen molar-refractivity contribution in [3.63, 3.8) is 0 Å². The molecule has 0 aliphatic carbocycles. The van der Waals surface area contributed by atoms with Crippen LogP contribution in [0.1, 0.15) is 43.8 Å². The van der Waals surface area contributed by atoms with Crippen LogP contribution < -0.4 is 0 Å². The molecular weight excluding hydrogens is 257 g/mol. The number of hydrogen-bond donors (Lipinski definition) is 2. The molecule has 2 unspecified atom stereocenters. The van der Waals surface area contributed by atoms with Crippen LogP contribution in [-0.4, -0.2) is 40.9 Å². The minimum atomic E-state index is -0.645. The molecule has 4 heteroatoms. The third-order valence-corrected chi connectivity index (χ3v) is 4.13. The molecule has 1 saturated heterocycles. The average molecular weight is 281 g/mol. The summed E-state index contributed by atoms with van der Waals surface area (Å²) in [4.78, 5) is 2.26. The van der Waals surface area contributed by atoms with Crippen LogP contribution in [0.4, 0.5) is 4.39 Å². The van der Waals surface area contributed by atoms with E-state index in [1.807, 2.05) is 0 Å². The number of aliphatic hydroxyl groups excluding tert-OH is 2. The highest BCUT2D eigenvalue weighted by Gasteiger charge is 2.21. The largest absolute Gasteiger partial charge is 0.395 e. The molecule has 1 fully saturated rings. The number of nitrogens with zero attached hydrogens (tertiary/aromatic N) is 1. The van der Waals surface area contributed by atoms with Crippen molar-refractivity contribution >= 4 is 0 Å². The summed E-state index contributed by atoms with van der Waals surface area (Å²) in [5.74, 6) is -0.315. The SMILES string of the molecule is OCC1CCCCCN1CCC(O)c1cccc(F)c1. The molecule has 1 heterocycles. The molecule has 1 aliphatic rings. The fourth-order valence-electron chi connectivity index (χ4n) is 2.91. The van der Waals surface area contributed by atoms with Crippen LogP contribution in [0.25, 0.3) is 0 Å². The van der Waals surface area contributed by atoms with Crippen molar-refractivity contribution in [3.05, 3.63) is 35.6 Å². The van der Waals surface area contributed by atoms with Gasteiger partial charge in [0.15, 0.2) is 0 Å². The number of benzene rings is 1. The number of likely N-dealkylation sites (tertiary alicyclic amines) is 1. The Morgan fingerprint density at radius 2 is 2.15 bits per heavy atom. The zero-order valence-corrected chi connectivity index (χ0v) is 11.8. The van der Waals surface area contributed by atoms with E-state index in [4.69, 9.17) is 0 Å². The molecule has 1 aromatic carbocycles. The first-order valence-corrected chi connectivity index (χ1v) is 7.49. The van der Waals surface area contributed by atoms with E-state index < -0.39 is 6.10 Å². The van der Waals surface area contributed by atoms with Crippen LogP contribution >= 0.6 is 0 Å². The van der Waals surface area contributed by atoms with Crippen LogP contribution in [-0.2, 0) is 0 Å². The van der Waals surface area contributed by atoms with Gasteiger partial charge in [-0.1, -0.05) is 25.0 Å². The van der Waals surface area contributed by atoms with Gasteiger partial charge in [0.05, 0.1) is 12.7 Å². The summed E-state index contributed by atoms with van der Waals surface area (Å²) in [7, 11) is 0. The van der Waals surface area contributed by atoms with Crippen molar-refractivity contribution in [2.45, 2.75) is 44.2 Å². The van der Waals surface area contributed by atoms with Crippen molar-refractivity contribution in [3.8, 4) is 0 Å². The maximum atomic E-state index is 13.1. The van der Waals surface area contributed by atoms with E-state index in [-0.39, 0.29) is 18.5 Å². The second-order valence-corrected chi connectivity index (χ2v) is 5.58. The van der Waals surface area contributed by atoms with Crippen LogP contribution in [0.2, 0.25) is 0 Å². The summed E-state index contributed by atoms with van der Waals surface area (Å²) in [6, 6.07) is 6.34. The Kier molecular flexibility index (Phi) is 5.95. The van der Waals surface area contributed by atoms with E-state index in [2.05, 4.69) is 4.90 Å². The molecule has 112 valence electrons. The third-order valence-electron chi connectivity index (χ3n) is 4.13. The Labute approximate surface area is 120 Å². The number of hydrogen-bond acceptors (Lipinski definition) is 3. The Bertz CT molecular complexity index is 413. The zero-order chi connectivity index (χ0) is 14.4. The quantitative estimate of drug-likeness (QED) is 0.871. The van der Waals surface area contributed by atoms with Crippen LogP contribution in [0.15, 0.2) is 24.3 Å². The van der Waals surface area contributed by atoms with E-state index in [0.717, 1.165) is 32.4 Å². The normalized spacial score (nSPS) is 22.4. The third kappa shape index (κ3) is 4.27. The second-order valence-electron chi connectivity index (χ2n) is 5.58. The molecule has 0 spiro atoms. The standard InChI is InChI=1S/C16H24FNO2/c17-14-6-4-5-13(11-14)16(20)8-10-18-9-3-1-2-7-15(18)12-19/h4-6,11,15-16,19-20H,1-3,7-10,12H2. The van der Waals surface area contributed by atoms with Crippen molar-refractivity contribution in [1.29, 1.82) is 0 Å². The first kappa shape index (κ1) is 15.4. The fourth-order valence-corrected chi connectivity index (χ4v) is 2.91. The lowest BCUT2D eigenvalue weighted by molar-refractivity contribution is 0.0946. The van der Waals surface area contributed by atoms with Gasteiger partial charge < -0.3 is 10.2 Å². The van der Waals surface area contributed by atoms with Gasteiger partial charge in [0.25, 0.3) is 0 Å². The van der Waals surface area contributed by atoms with Crippen LogP contribution in [0, 0.1) is 5.82 Å². The molecule has 0 aromatic heterocycles. The molecule has 1 aromatic rings. The maximum absolute atomic E-state index is 13.1. The first-order chi connectivity index (χ1) is 9.70. The van der Waals surface area contributed by atoms with E-state index in [9.17, 15) is 14.6 Å². The summed E-state index contributed by atoms with van der Waals surface area (Å²) < 4.78 is 13.1. The molecule has 0 amide bonds. The van der Waals surface area contributed by atoms with Gasteiger partial charge in [0, 0.05) is 12.6 Å². The highest BCUT2D eigenvalue weighted by molar-refractivity contribution is 5.18. The van der Waals surface area contributed by atoms with Crippen molar-refractivity contribution in [1.82, 2.24) is 4.90 Å². The Hall–Kier alpha value is -0.970. The highest BCUT2D eigenvalue weighted by atomic mass is 19.1. The smallest absolute Gasteiger partial charge is 0.123 e. The summed E-state index contributed by atoms with van der Waals surface area (Å²) in [5, 5.41) is 19.6. The molecule has 0 radical (unpaired) electrons. The summed E-state index contributed by atoms with van der Waals surface area (Å²) in [5.41, 5.74) is 0.625. The van der Waals surface area contributed by atoms with Gasteiger partial charge in [0.2, 0.25) is 0 Å².